The lowest BCUT2D eigenvalue weighted by atomic mass is 9.92. The highest BCUT2D eigenvalue weighted by molar-refractivity contribution is 6.31. The summed E-state index contributed by atoms with van der Waals surface area (Å²) in [6, 6.07) is 9.20. The first kappa shape index (κ1) is 32.9. The predicted molar refractivity (Wildman–Crippen MR) is 153 cm³/mol. The van der Waals surface area contributed by atoms with Crippen LogP contribution in [0.2, 0.25) is 5.02 Å². The Hall–Kier alpha value is -1.34. The van der Waals surface area contributed by atoms with Gasteiger partial charge in [-0.1, -0.05) is 82.9 Å². The lowest BCUT2D eigenvalue weighted by Crippen LogP contribution is -3.00. The summed E-state index contributed by atoms with van der Waals surface area (Å²) in [7, 11) is 0. The average Bonchev–Trinajstić information content (AvgIpc) is 2.89. The molecule has 0 saturated heterocycles. The van der Waals surface area contributed by atoms with Crippen LogP contribution in [-0.4, -0.2) is 30.0 Å². The molecule has 0 fully saturated rings. The lowest BCUT2D eigenvalue weighted by molar-refractivity contribution is -0.546. The fourth-order valence-electron chi connectivity index (χ4n) is 5.22. The predicted octanol–water partition coefficient (Wildman–Crippen LogP) is 6.15. The molecule has 3 rings (SSSR count). The summed E-state index contributed by atoms with van der Waals surface area (Å²) >= 11 is 6.42. The summed E-state index contributed by atoms with van der Waals surface area (Å²) in [6.45, 7) is 9.11. The van der Waals surface area contributed by atoms with Gasteiger partial charge in [0, 0.05) is 24.0 Å². The summed E-state index contributed by atoms with van der Waals surface area (Å²) in [5.74, 6) is 1.50. The van der Waals surface area contributed by atoms with Crippen LogP contribution in [0.3, 0.4) is 0 Å². The second-order valence-electron chi connectivity index (χ2n) is 10.1. The smallest absolute Gasteiger partial charge is 0.184 e. The molecule has 0 aliphatic carbocycles. The molecule has 1 aliphatic heterocycles. The highest BCUT2D eigenvalue weighted by Gasteiger charge is 2.30. The van der Waals surface area contributed by atoms with Crippen molar-refractivity contribution < 1.29 is 42.4 Å². The molecule has 0 unspecified atom stereocenters. The van der Waals surface area contributed by atoms with E-state index in [4.69, 9.17) is 21.1 Å². The number of benzene rings is 2. The van der Waals surface area contributed by atoms with Gasteiger partial charge in [-0.05, 0) is 44.0 Å². The Bertz CT molecular complexity index is 1010. The van der Waals surface area contributed by atoms with Crippen molar-refractivity contribution in [3.63, 3.8) is 0 Å². The molecule has 38 heavy (non-hydrogen) atoms. The molecule has 0 amide bonds. The summed E-state index contributed by atoms with van der Waals surface area (Å²) in [5.41, 5.74) is 4.29. The fourth-order valence-corrected chi connectivity index (χ4v) is 5.44. The molecule has 2 aromatic carbocycles. The second kappa shape index (κ2) is 18.1. The van der Waals surface area contributed by atoms with Crippen molar-refractivity contribution in [1.29, 1.82) is 0 Å². The molecule has 6 heteroatoms. The molecule has 0 spiro atoms. The maximum absolute atomic E-state index is 14.7. The second-order valence-corrected chi connectivity index (χ2v) is 10.5. The maximum Gasteiger partial charge on any atom is 0.184 e. The number of rotatable bonds is 17. The van der Waals surface area contributed by atoms with Crippen molar-refractivity contribution in [3.05, 3.63) is 57.9 Å². The molecule has 0 aromatic heterocycles. The zero-order chi connectivity index (χ0) is 26.5. The van der Waals surface area contributed by atoms with Crippen molar-refractivity contribution >= 4 is 17.3 Å². The number of ether oxygens (including phenoxy) is 2. The van der Waals surface area contributed by atoms with E-state index in [1.165, 1.54) is 74.3 Å². The number of fused-ring (bicyclic) bond motifs is 1. The SMILES string of the molecule is CCCCCCCCOc1c(OCC)ccc2c1CC[N+](Cc1c(F)cccc1Cl)=C2CCCCCC.[I-]. The third-order valence-electron chi connectivity index (χ3n) is 7.27. The van der Waals surface area contributed by atoms with Crippen molar-refractivity contribution in [3.8, 4) is 11.5 Å². The van der Waals surface area contributed by atoms with E-state index in [0.29, 0.717) is 30.3 Å². The minimum Gasteiger partial charge on any atom is -1.00 e. The van der Waals surface area contributed by atoms with E-state index in [0.717, 1.165) is 43.7 Å². The largest absolute Gasteiger partial charge is 1.00 e. The molecular formula is C32H46ClFINO2. The van der Waals surface area contributed by atoms with Crippen LogP contribution in [0.4, 0.5) is 4.39 Å². The number of unbranched alkanes of at least 4 members (excludes halogenated alkanes) is 8. The summed E-state index contributed by atoms with van der Waals surface area (Å²) in [5, 5.41) is 0.491. The average molecular weight is 658 g/mol. The van der Waals surface area contributed by atoms with Gasteiger partial charge in [-0.25, -0.2) is 8.97 Å². The van der Waals surface area contributed by atoms with Crippen LogP contribution < -0.4 is 33.5 Å². The van der Waals surface area contributed by atoms with Crippen molar-refractivity contribution in [2.75, 3.05) is 19.8 Å². The van der Waals surface area contributed by atoms with Gasteiger partial charge in [0.15, 0.2) is 23.8 Å². The van der Waals surface area contributed by atoms with Crippen LogP contribution in [0.25, 0.3) is 0 Å². The number of halogens is 3. The molecule has 0 N–H and O–H groups in total. The molecule has 3 nitrogen and oxygen atoms in total. The number of nitrogens with zero attached hydrogens (tertiary/aromatic N) is 1. The Kier molecular flexibility index (Phi) is 15.6. The Morgan fingerprint density at radius 2 is 1.58 bits per heavy atom. The first-order valence-corrected chi connectivity index (χ1v) is 14.9. The van der Waals surface area contributed by atoms with E-state index in [1.807, 2.05) is 6.92 Å². The summed E-state index contributed by atoms with van der Waals surface area (Å²) in [6.07, 6.45) is 14.0. The quantitative estimate of drug-likeness (QED) is 0.116. The van der Waals surface area contributed by atoms with Crippen LogP contribution in [0.5, 0.6) is 11.5 Å². The van der Waals surface area contributed by atoms with Crippen LogP contribution in [0.1, 0.15) is 108 Å². The molecule has 1 aliphatic rings. The maximum atomic E-state index is 14.7. The number of hydrogen-bond donors (Lipinski definition) is 0. The highest BCUT2D eigenvalue weighted by atomic mass is 127. The van der Waals surface area contributed by atoms with Gasteiger partial charge < -0.3 is 33.5 Å². The molecule has 0 bridgehead atoms. The van der Waals surface area contributed by atoms with Crippen molar-refractivity contribution in [2.24, 2.45) is 0 Å². The van der Waals surface area contributed by atoms with Gasteiger partial charge in [0.2, 0.25) is 0 Å². The van der Waals surface area contributed by atoms with Gasteiger partial charge in [-0.15, -0.1) is 0 Å². The first-order chi connectivity index (χ1) is 18.1. The van der Waals surface area contributed by atoms with E-state index < -0.39 is 0 Å². The molecule has 0 saturated carbocycles. The zero-order valence-corrected chi connectivity index (χ0v) is 26.5. The van der Waals surface area contributed by atoms with Crippen molar-refractivity contribution in [2.45, 2.75) is 104 Å². The summed E-state index contributed by atoms with van der Waals surface area (Å²) in [4.78, 5) is 0. The first-order valence-electron chi connectivity index (χ1n) is 14.6. The van der Waals surface area contributed by atoms with E-state index in [-0.39, 0.29) is 29.8 Å². The topological polar surface area (TPSA) is 21.5 Å². The standard InChI is InChI=1S/C32H46ClFNO2.HI/c1-4-7-9-11-12-14-23-37-32-26-21-22-35(24-27-28(33)16-15-17-29(27)34)30(18-13-10-8-5-2)25(26)19-20-31(32)36-6-3;/h15-17,19-20H,4-14,18,21-24H2,1-3H3;1H/q+1;/p-1. The molecule has 2 aromatic rings. The molecular weight excluding hydrogens is 612 g/mol. The monoisotopic (exact) mass is 657 g/mol. The minimum absolute atomic E-state index is 0. The van der Waals surface area contributed by atoms with Gasteiger partial charge >= 0.3 is 0 Å². The van der Waals surface area contributed by atoms with Crippen molar-refractivity contribution in [1.82, 2.24) is 0 Å². The Labute approximate surface area is 252 Å². The van der Waals surface area contributed by atoms with E-state index in [2.05, 4.69) is 30.6 Å². The van der Waals surface area contributed by atoms with Gasteiger partial charge in [0.05, 0.1) is 23.8 Å². The Morgan fingerprint density at radius 3 is 2.29 bits per heavy atom. The molecule has 1 heterocycles. The minimum atomic E-state index is -0.238. The third-order valence-corrected chi connectivity index (χ3v) is 7.62. The fraction of sp³-hybridized carbons (Fsp3) is 0.594. The van der Waals surface area contributed by atoms with Gasteiger partial charge in [0.1, 0.15) is 12.4 Å². The van der Waals surface area contributed by atoms with E-state index in [1.54, 1.807) is 12.1 Å². The van der Waals surface area contributed by atoms with Crippen LogP contribution in [-0.2, 0) is 13.0 Å². The molecule has 0 radical (unpaired) electrons. The third kappa shape index (κ3) is 9.39. The van der Waals surface area contributed by atoms with Crippen LogP contribution in [0.15, 0.2) is 30.3 Å². The van der Waals surface area contributed by atoms with Crippen LogP contribution in [0, 0.1) is 5.82 Å². The van der Waals surface area contributed by atoms with Gasteiger partial charge in [0.25, 0.3) is 0 Å². The zero-order valence-electron chi connectivity index (χ0n) is 23.6. The molecule has 0 atom stereocenters. The summed E-state index contributed by atoms with van der Waals surface area (Å²) < 4.78 is 29.5. The highest BCUT2D eigenvalue weighted by Crippen LogP contribution is 2.37. The Balaban J connectivity index is 0.00000507. The van der Waals surface area contributed by atoms with E-state index >= 15 is 0 Å². The van der Waals surface area contributed by atoms with Gasteiger partial charge in [-0.3, -0.25) is 0 Å². The van der Waals surface area contributed by atoms with Gasteiger partial charge in [-0.2, -0.15) is 0 Å². The number of hydrogen-bond acceptors (Lipinski definition) is 2. The molecule has 212 valence electrons. The van der Waals surface area contributed by atoms with Crippen LogP contribution >= 0.6 is 11.6 Å². The normalized spacial score (nSPS) is 12.8. The lowest BCUT2D eigenvalue weighted by Gasteiger charge is -2.23. The van der Waals surface area contributed by atoms with E-state index in [9.17, 15) is 4.39 Å². The Morgan fingerprint density at radius 1 is 0.868 bits per heavy atom.